The molecule has 6 nitrogen and oxygen atoms in total. The van der Waals surface area contributed by atoms with Crippen LogP contribution in [0.2, 0.25) is 0 Å². The number of rotatable bonds is 5. The fourth-order valence-electron chi connectivity index (χ4n) is 2.05. The lowest BCUT2D eigenvalue weighted by Crippen LogP contribution is -2.23. The Morgan fingerprint density at radius 2 is 1.95 bits per heavy atom. The van der Waals surface area contributed by atoms with Crippen molar-refractivity contribution in [1.29, 1.82) is 0 Å². The summed E-state index contributed by atoms with van der Waals surface area (Å²) in [5.41, 5.74) is 0.584. The van der Waals surface area contributed by atoms with Gasteiger partial charge in [0.15, 0.2) is 0 Å². The van der Waals surface area contributed by atoms with Crippen molar-refractivity contribution in [2.75, 3.05) is 6.61 Å². The summed E-state index contributed by atoms with van der Waals surface area (Å²) in [6, 6.07) is 6.10. The number of ketones is 1. The molecule has 0 bridgehead atoms. The highest BCUT2D eigenvalue weighted by Crippen LogP contribution is 2.16. The summed E-state index contributed by atoms with van der Waals surface area (Å²) in [6.45, 7) is 2.37. The Hall–Kier alpha value is -1.89. The predicted molar refractivity (Wildman–Crippen MR) is 78.8 cm³/mol. The van der Waals surface area contributed by atoms with E-state index in [2.05, 4.69) is 9.93 Å². The molecule has 7 heteroatoms. The van der Waals surface area contributed by atoms with Gasteiger partial charge in [0.05, 0.1) is 11.5 Å². The number of Topliss-reactive ketones (excluding diaryl/α,β-unsaturated/α-hetero) is 1. The third kappa shape index (κ3) is 4.29. The third-order valence-electron chi connectivity index (χ3n) is 3.09. The van der Waals surface area contributed by atoms with Gasteiger partial charge in [0.25, 0.3) is 10.0 Å². The van der Waals surface area contributed by atoms with E-state index < -0.39 is 10.0 Å². The van der Waals surface area contributed by atoms with Gasteiger partial charge in [-0.1, -0.05) is 0 Å². The zero-order valence-corrected chi connectivity index (χ0v) is 12.6. The minimum atomic E-state index is -3.71. The molecule has 1 saturated carbocycles. The smallest absolute Gasteiger partial charge is 0.276 e. The van der Waals surface area contributed by atoms with Crippen LogP contribution in [0.25, 0.3) is 0 Å². The van der Waals surface area contributed by atoms with E-state index in [0.717, 1.165) is 6.42 Å². The van der Waals surface area contributed by atoms with Crippen molar-refractivity contribution in [1.82, 2.24) is 4.83 Å². The minimum Gasteiger partial charge on any atom is -0.494 e. The average molecular weight is 310 g/mol. The Morgan fingerprint density at radius 3 is 2.57 bits per heavy atom. The molecule has 1 aliphatic rings. The molecule has 0 aromatic heterocycles. The average Bonchev–Trinajstić information content (AvgIpc) is 2.46. The highest BCUT2D eigenvalue weighted by Gasteiger charge is 2.17. The summed E-state index contributed by atoms with van der Waals surface area (Å²) >= 11 is 0. The van der Waals surface area contributed by atoms with Gasteiger partial charge in [-0.3, -0.25) is 4.79 Å². The van der Waals surface area contributed by atoms with Gasteiger partial charge in [0.2, 0.25) is 0 Å². The SMILES string of the molecule is CCOc1ccc(S(=O)(=O)N/N=C2\CCCC(=O)C2)cc1. The van der Waals surface area contributed by atoms with Crippen LogP contribution in [-0.2, 0) is 14.8 Å². The van der Waals surface area contributed by atoms with Gasteiger partial charge in [0, 0.05) is 18.6 Å². The molecular weight excluding hydrogens is 292 g/mol. The monoisotopic (exact) mass is 310 g/mol. The van der Waals surface area contributed by atoms with Crippen LogP contribution in [0.15, 0.2) is 34.3 Å². The zero-order valence-electron chi connectivity index (χ0n) is 11.8. The van der Waals surface area contributed by atoms with Crippen LogP contribution < -0.4 is 9.57 Å². The second-order valence-electron chi connectivity index (χ2n) is 4.75. The van der Waals surface area contributed by atoms with Gasteiger partial charge in [0.1, 0.15) is 11.5 Å². The number of benzene rings is 1. The molecule has 1 N–H and O–H groups in total. The Kier molecular flexibility index (Phi) is 4.95. The summed E-state index contributed by atoms with van der Waals surface area (Å²) < 4.78 is 29.4. The first-order valence-electron chi connectivity index (χ1n) is 6.83. The van der Waals surface area contributed by atoms with E-state index in [4.69, 9.17) is 4.74 Å². The molecule has 1 fully saturated rings. The molecule has 0 amide bonds. The Balaban J connectivity index is 2.07. The summed E-state index contributed by atoms with van der Waals surface area (Å²) in [6.07, 6.45) is 2.15. The molecule has 1 aromatic carbocycles. The molecule has 2 rings (SSSR count). The van der Waals surface area contributed by atoms with Crippen LogP contribution in [-0.4, -0.2) is 26.5 Å². The van der Waals surface area contributed by atoms with E-state index in [-0.39, 0.29) is 17.1 Å². The van der Waals surface area contributed by atoms with E-state index in [9.17, 15) is 13.2 Å². The summed E-state index contributed by atoms with van der Waals surface area (Å²) in [4.78, 5) is 13.6. The van der Waals surface area contributed by atoms with E-state index in [1.807, 2.05) is 6.92 Å². The molecule has 0 unspecified atom stereocenters. The maximum atomic E-state index is 12.1. The first-order chi connectivity index (χ1) is 10.0. The van der Waals surface area contributed by atoms with Crippen LogP contribution in [0.3, 0.4) is 0 Å². The van der Waals surface area contributed by atoms with E-state index in [1.165, 1.54) is 12.1 Å². The number of nitrogens with one attached hydrogen (secondary N) is 1. The summed E-state index contributed by atoms with van der Waals surface area (Å²) in [7, 11) is -3.71. The molecule has 0 aliphatic heterocycles. The lowest BCUT2D eigenvalue weighted by molar-refractivity contribution is -0.118. The minimum absolute atomic E-state index is 0.0975. The lowest BCUT2D eigenvalue weighted by Gasteiger charge is -2.12. The molecule has 0 heterocycles. The number of sulfonamides is 1. The number of hydrogen-bond acceptors (Lipinski definition) is 5. The maximum Gasteiger partial charge on any atom is 0.276 e. The van der Waals surface area contributed by atoms with Gasteiger partial charge in [-0.25, -0.2) is 4.83 Å². The number of carbonyl (C=O) groups is 1. The molecule has 0 radical (unpaired) electrons. The predicted octanol–water partition coefficient (Wildman–Crippen LogP) is 1.86. The Labute approximate surface area is 124 Å². The van der Waals surface area contributed by atoms with E-state index in [1.54, 1.807) is 12.1 Å². The van der Waals surface area contributed by atoms with E-state index in [0.29, 0.717) is 30.9 Å². The number of hydrogen-bond donors (Lipinski definition) is 1. The summed E-state index contributed by atoms with van der Waals surface area (Å²) in [5, 5.41) is 3.87. The van der Waals surface area contributed by atoms with E-state index >= 15 is 0 Å². The van der Waals surface area contributed by atoms with Crippen molar-refractivity contribution >= 4 is 21.5 Å². The number of carbonyl (C=O) groups excluding carboxylic acids is 1. The first kappa shape index (κ1) is 15.5. The molecule has 21 heavy (non-hydrogen) atoms. The number of hydrazone groups is 1. The van der Waals surface area contributed by atoms with Gasteiger partial charge in [-0.05, 0) is 44.0 Å². The Morgan fingerprint density at radius 1 is 1.24 bits per heavy atom. The van der Waals surface area contributed by atoms with Crippen molar-refractivity contribution in [3.05, 3.63) is 24.3 Å². The van der Waals surface area contributed by atoms with Crippen LogP contribution in [0.1, 0.15) is 32.6 Å². The molecular formula is C14H18N2O4S. The maximum absolute atomic E-state index is 12.1. The van der Waals surface area contributed by atoms with Crippen molar-refractivity contribution in [2.45, 2.75) is 37.5 Å². The largest absolute Gasteiger partial charge is 0.494 e. The van der Waals surface area contributed by atoms with Crippen molar-refractivity contribution in [2.24, 2.45) is 5.10 Å². The quantitative estimate of drug-likeness (QED) is 0.841. The molecule has 1 aromatic rings. The number of ether oxygens (including phenoxy) is 1. The van der Waals surface area contributed by atoms with Crippen LogP contribution >= 0.6 is 0 Å². The Bertz CT molecular complexity index is 635. The van der Waals surface area contributed by atoms with Crippen LogP contribution in [0.4, 0.5) is 0 Å². The standard InChI is InChI=1S/C14H18N2O4S/c1-2-20-13-6-8-14(9-7-13)21(18,19)16-15-11-4-3-5-12(17)10-11/h6-9,16H,2-5,10H2,1H3/b15-11+. The zero-order chi connectivity index (χ0) is 15.3. The lowest BCUT2D eigenvalue weighted by atomic mass is 9.97. The van der Waals surface area contributed by atoms with Gasteiger partial charge in [-0.15, -0.1) is 0 Å². The molecule has 0 saturated heterocycles. The molecule has 0 spiro atoms. The second kappa shape index (κ2) is 6.71. The van der Waals surface area contributed by atoms with Crippen molar-refractivity contribution in [3.8, 4) is 5.75 Å². The molecule has 114 valence electrons. The first-order valence-corrected chi connectivity index (χ1v) is 8.31. The van der Waals surface area contributed by atoms with Crippen LogP contribution in [0, 0.1) is 0 Å². The topological polar surface area (TPSA) is 84.8 Å². The second-order valence-corrected chi connectivity index (χ2v) is 6.41. The molecule has 1 aliphatic carbocycles. The van der Waals surface area contributed by atoms with Crippen LogP contribution in [0.5, 0.6) is 5.75 Å². The normalized spacial score (nSPS) is 17.8. The van der Waals surface area contributed by atoms with Gasteiger partial charge < -0.3 is 4.74 Å². The van der Waals surface area contributed by atoms with Crippen molar-refractivity contribution < 1.29 is 17.9 Å². The highest BCUT2D eigenvalue weighted by molar-refractivity contribution is 7.89. The highest BCUT2D eigenvalue weighted by atomic mass is 32.2. The van der Waals surface area contributed by atoms with Gasteiger partial charge >= 0.3 is 0 Å². The number of nitrogens with zero attached hydrogens (tertiary/aromatic N) is 1. The fourth-order valence-corrected chi connectivity index (χ4v) is 2.90. The van der Waals surface area contributed by atoms with Crippen molar-refractivity contribution in [3.63, 3.8) is 0 Å². The fraction of sp³-hybridized carbons (Fsp3) is 0.429. The molecule has 0 atom stereocenters. The van der Waals surface area contributed by atoms with Gasteiger partial charge in [-0.2, -0.15) is 13.5 Å². The third-order valence-corrected chi connectivity index (χ3v) is 4.32. The summed E-state index contributed by atoms with van der Waals surface area (Å²) in [5.74, 6) is 0.709.